The van der Waals surface area contributed by atoms with Crippen LogP contribution in [0.25, 0.3) is 5.70 Å². The van der Waals surface area contributed by atoms with Gasteiger partial charge >= 0.3 is 6.09 Å². The van der Waals surface area contributed by atoms with Crippen molar-refractivity contribution >= 4 is 17.6 Å². The molecule has 1 amide bonds. The number of nitrogens with zero attached hydrogens (tertiary/aromatic N) is 2. The first-order valence-corrected chi connectivity index (χ1v) is 7.68. The van der Waals surface area contributed by atoms with E-state index in [-0.39, 0.29) is 12.1 Å². The minimum atomic E-state index is -0.506. The standard InChI is InChI=1S/C17H25N3O2/c1-12-7-6-8-14(13-9-10-15(18-5)19-11-13)20(12)16(21)22-17(2,3)4/h8-12H,6-7H2,1-5H3,(H,18,19). The molecule has 0 saturated heterocycles. The summed E-state index contributed by atoms with van der Waals surface area (Å²) in [7, 11) is 1.83. The van der Waals surface area contributed by atoms with Gasteiger partial charge in [-0.1, -0.05) is 6.08 Å². The molecule has 1 aliphatic rings. The Bertz CT molecular complexity index is 558. The zero-order chi connectivity index (χ0) is 16.3. The number of hydrogen-bond donors (Lipinski definition) is 1. The van der Waals surface area contributed by atoms with Crippen molar-refractivity contribution in [3.8, 4) is 0 Å². The average Bonchev–Trinajstić information content (AvgIpc) is 2.45. The number of pyridine rings is 1. The number of aromatic nitrogens is 1. The Morgan fingerprint density at radius 2 is 2.14 bits per heavy atom. The molecule has 1 aromatic rings. The van der Waals surface area contributed by atoms with Gasteiger partial charge in [-0.2, -0.15) is 0 Å². The molecule has 1 aromatic heterocycles. The lowest BCUT2D eigenvalue weighted by molar-refractivity contribution is 0.0289. The maximum absolute atomic E-state index is 12.6. The Morgan fingerprint density at radius 1 is 1.41 bits per heavy atom. The van der Waals surface area contributed by atoms with Gasteiger partial charge in [-0.25, -0.2) is 9.78 Å². The van der Waals surface area contributed by atoms with Crippen LogP contribution in [0, 0.1) is 0 Å². The predicted octanol–water partition coefficient (Wildman–Crippen LogP) is 3.88. The molecule has 1 unspecified atom stereocenters. The first kappa shape index (κ1) is 16.3. The Morgan fingerprint density at radius 3 is 2.68 bits per heavy atom. The first-order valence-electron chi connectivity index (χ1n) is 7.68. The van der Waals surface area contributed by atoms with E-state index < -0.39 is 5.60 Å². The van der Waals surface area contributed by atoms with E-state index in [0.29, 0.717) is 0 Å². The van der Waals surface area contributed by atoms with Crippen LogP contribution in [0.15, 0.2) is 24.4 Å². The quantitative estimate of drug-likeness (QED) is 0.900. The lowest BCUT2D eigenvalue weighted by atomic mass is 10.0. The summed E-state index contributed by atoms with van der Waals surface area (Å²) in [6.07, 6.45) is 5.45. The van der Waals surface area contributed by atoms with Gasteiger partial charge < -0.3 is 10.1 Å². The van der Waals surface area contributed by atoms with Crippen LogP contribution in [0.2, 0.25) is 0 Å². The van der Waals surface area contributed by atoms with Crippen LogP contribution in [0.5, 0.6) is 0 Å². The highest BCUT2D eigenvalue weighted by Crippen LogP contribution is 2.30. The minimum absolute atomic E-state index is 0.110. The van der Waals surface area contributed by atoms with Gasteiger partial charge in [0.25, 0.3) is 0 Å². The van der Waals surface area contributed by atoms with Gasteiger partial charge in [0.1, 0.15) is 11.4 Å². The highest BCUT2D eigenvalue weighted by molar-refractivity contribution is 5.83. The summed E-state index contributed by atoms with van der Waals surface area (Å²) in [5.41, 5.74) is 1.30. The Hall–Kier alpha value is -2.04. The van der Waals surface area contributed by atoms with Gasteiger partial charge in [0.15, 0.2) is 0 Å². The molecule has 1 atom stereocenters. The third-order valence-electron chi connectivity index (χ3n) is 3.53. The molecular formula is C17H25N3O2. The van der Waals surface area contributed by atoms with Crippen molar-refractivity contribution < 1.29 is 9.53 Å². The lowest BCUT2D eigenvalue weighted by Crippen LogP contribution is -2.42. The molecule has 2 rings (SSSR count). The van der Waals surface area contributed by atoms with Gasteiger partial charge in [0, 0.05) is 24.8 Å². The van der Waals surface area contributed by atoms with E-state index >= 15 is 0 Å². The van der Waals surface area contributed by atoms with Crippen LogP contribution >= 0.6 is 0 Å². The molecule has 0 saturated carbocycles. The second-order valence-corrected chi connectivity index (χ2v) is 6.55. The van der Waals surface area contributed by atoms with Crippen molar-refractivity contribution in [3.05, 3.63) is 30.0 Å². The Labute approximate surface area is 132 Å². The number of carbonyl (C=O) groups excluding carboxylic acids is 1. The Kier molecular flexibility index (Phi) is 4.74. The van der Waals surface area contributed by atoms with Crippen molar-refractivity contribution in [1.29, 1.82) is 0 Å². The normalized spacial score (nSPS) is 18.7. The van der Waals surface area contributed by atoms with Crippen molar-refractivity contribution in [2.45, 2.75) is 52.2 Å². The second kappa shape index (κ2) is 6.38. The molecule has 1 N–H and O–H groups in total. The molecule has 1 aliphatic heterocycles. The minimum Gasteiger partial charge on any atom is -0.443 e. The van der Waals surface area contributed by atoms with Crippen LogP contribution < -0.4 is 5.32 Å². The van der Waals surface area contributed by atoms with Crippen molar-refractivity contribution in [2.75, 3.05) is 12.4 Å². The highest BCUT2D eigenvalue weighted by Gasteiger charge is 2.31. The average molecular weight is 303 g/mol. The van der Waals surface area contributed by atoms with Crippen LogP contribution in [0.4, 0.5) is 10.6 Å². The number of hydrogen-bond acceptors (Lipinski definition) is 4. The van der Waals surface area contributed by atoms with Crippen LogP contribution in [0.1, 0.15) is 46.1 Å². The molecule has 0 radical (unpaired) electrons. The van der Waals surface area contributed by atoms with Gasteiger partial charge in [-0.3, -0.25) is 4.90 Å². The summed E-state index contributed by atoms with van der Waals surface area (Å²) in [5, 5.41) is 3.00. The van der Waals surface area contributed by atoms with E-state index in [0.717, 1.165) is 29.9 Å². The molecule has 5 heteroatoms. The van der Waals surface area contributed by atoms with Gasteiger partial charge in [0.05, 0.1) is 5.70 Å². The molecule has 22 heavy (non-hydrogen) atoms. The van der Waals surface area contributed by atoms with E-state index in [4.69, 9.17) is 4.74 Å². The fourth-order valence-electron chi connectivity index (χ4n) is 2.47. The molecule has 0 aliphatic carbocycles. The zero-order valence-corrected chi connectivity index (χ0v) is 14.0. The molecule has 0 bridgehead atoms. The summed E-state index contributed by atoms with van der Waals surface area (Å²) in [5.74, 6) is 0.803. The molecule has 2 heterocycles. The number of amides is 1. The zero-order valence-electron chi connectivity index (χ0n) is 14.0. The summed E-state index contributed by atoms with van der Waals surface area (Å²) >= 11 is 0. The molecule has 0 fully saturated rings. The van der Waals surface area contributed by atoms with Gasteiger partial charge in [-0.05, 0) is 52.7 Å². The largest absolute Gasteiger partial charge is 0.443 e. The maximum atomic E-state index is 12.6. The van der Waals surface area contributed by atoms with Crippen molar-refractivity contribution in [1.82, 2.24) is 9.88 Å². The fourth-order valence-corrected chi connectivity index (χ4v) is 2.47. The van der Waals surface area contributed by atoms with Gasteiger partial charge in [-0.15, -0.1) is 0 Å². The molecule has 0 spiro atoms. The van der Waals surface area contributed by atoms with Gasteiger partial charge in [0.2, 0.25) is 0 Å². The summed E-state index contributed by atoms with van der Waals surface area (Å²) in [4.78, 5) is 18.6. The molecule has 120 valence electrons. The van der Waals surface area contributed by atoms with Crippen molar-refractivity contribution in [3.63, 3.8) is 0 Å². The predicted molar refractivity (Wildman–Crippen MR) is 88.5 cm³/mol. The first-order chi connectivity index (χ1) is 10.3. The monoisotopic (exact) mass is 303 g/mol. The second-order valence-electron chi connectivity index (χ2n) is 6.55. The molecule has 0 aromatic carbocycles. The molecule has 5 nitrogen and oxygen atoms in total. The third kappa shape index (κ3) is 3.78. The lowest BCUT2D eigenvalue weighted by Gasteiger charge is -2.36. The molecular weight excluding hydrogens is 278 g/mol. The number of rotatable bonds is 2. The van der Waals surface area contributed by atoms with Crippen LogP contribution in [-0.4, -0.2) is 34.7 Å². The summed E-state index contributed by atoms with van der Waals surface area (Å²) in [6.45, 7) is 7.69. The van der Waals surface area contributed by atoms with E-state index in [1.54, 1.807) is 11.1 Å². The Balaban J connectivity index is 2.29. The number of nitrogens with one attached hydrogen (secondary N) is 1. The SMILES string of the molecule is CNc1ccc(C2=CCCC(C)N2C(=O)OC(C)(C)C)cn1. The van der Waals surface area contributed by atoms with E-state index in [9.17, 15) is 4.79 Å². The maximum Gasteiger partial charge on any atom is 0.415 e. The number of carbonyl (C=O) groups is 1. The number of allylic oxidation sites excluding steroid dienone is 1. The van der Waals surface area contributed by atoms with Crippen molar-refractivity contribution in [2.24, 2.45) is 0 Å². The number of anilines is 1. The summed E-state index contributed by atoms with van der Waals surface area (Å²) in [6, 6.07) is 3.99. The van der Waals surface area contributed by atoms with Crippen LogP contribution in [0.3, 0.4) is 0 Å². The highest BCUT2D eigenvalue weighted by atomic mass is 16.6. The fraction of sp³-hybridized carbons (Fsp3) is 0.529. The van der Waals surface area contributed by atoms with E-state index in [1.165, 1.54) is 0 Å². The third-order valence-corrected chi connectivity index (χ3v) is 3.53. The number of ether oxygens (including phenoxy) is 1. The van der Waals surface area contributed by atoms with E-state index in [2.05, 4.69) is 16.4 Å². The smallest absolute Gasteiger partial charge is 0.415 e. The summed E-state index contributed by atoms with van der Waals surface area (Å²) < 4.78 is 5.56. The van der Waals surface area contributed by atoms with E-state index in [1.807, 2.05) is 46.9 Å². The van der Waals surface area contributed by atoms with Crippen LogP contribution in [-0.2, 0) is 4.74 Å². The topological polar surface area (TPSA) is 54.5 Å².